The molecule has 8 heteroatoms. The summed E-state index contributed by atoms with van der Waals surface area (Å²) in [5.74, 6) is -0.635. The summed E-state index contributed by atoms with van der Waals surface area (Å²) in [5, 5.41) is 5.66. The summed E-state index contributed by atoms with van der Waals surface area (Å²) in [4.78, 5) is 25.2. The molecule has 0 radical (unpaired) electrons. The van der Waals surface area contributed by atoms with Crippen molar-refractivity contribution in [3.05, 3.63) is 59.7 Å². The summed E-state index contributed by atoms with van der Waals surface area (Å²) in [5.41, 5.74) is 1.66. The molecule has 0 aliphatic heterocycles. The number of sulfonamides is 1. The SMILES string of the molecule is CC[C@@H](C)NC(=O)c1ccccc1NC(=O)c1ccc(N(CC)S(=O)(=O)CC)cc1. The van der Waals surface area contributed by atoms with Gasteiger partial charge in [-0.2, -0.15) is 0 Å². The lowest BCUT2D eigenvalue weighted by atomic mass is 10.1. The predicted molar refractivity (Wildman–Crippen MR) is 121 cm³/mol. The molecule has 2 aromatic carbocycles. The first-order chi connectivity index (χ1) is 14.2. The molecule has 0 aromatic heterocycles. The molecular formula is C22H29N3O4S. The lowest BCUT2D eigenvalue weighted by Gasteiger charge is -2.22. The van der Waals surface area contributed by atoms with E-state index in [4.69, 9.17) is 0 Å². The highest BCUT2D eigenvalue weighted by Crippen LogP contribution is 2.21. The van der Waals surface area contributed by atoms with Gasteiger partial charge in [-0.15, -0.1) is 0 Å². The maximum atomic E-state index is 12.7. The Morgan fingerprint density at radius 2 is 1.60 bits per heavy atom. The van der Waals surface area contributed by atoms with Crippen LogP contribution in [0, 0.1) is 0 Å². The first kappa shape index (κ1) is 23.4. The van der Waals surface area contributed by atoms with Gasteiger partial charge in [-0.1, -0.05) is 19.1 Å². The van der Waals surface area contributed by atoms with Crippen molar-refractivity contribution in [2.75, 3.05) is 21.9 Å². The Hall–Kier alpha value is -2.87. The number of hydrogen-bond donors (Lipinski definition) is 2. The smallest absolute Gasteiger partial charge is 0.255 e. The minimum Gasteiger partial charge on any atom is -0.350 e. The van der Waals surface area contributed by atoms with Crippen LogP contribution in [-0.4, -0.2) is 38.6 Å². The molecule has 30 heavy (non-hydrogen) atoms. The highest BCUT2D eigenvalue weighted by Gasteiger charge is 2.19. The fraction of sp³-hybridized carbons (Fsp3) is 0.364. The summed E-state index contributed by atoms with van der Waals surface area (Å²) in [6.45, 7) is 7.55. The van der Waals surface area contributed by atoms with Crippen molar-refractivity contribution in [3.63, 3.8) is 0 Å². The third-order valence-corrected chi connectivity index (χ3v) is 6.69. The van der Waals surface area contributed by atoms with E-state index in [1.165, 1.54) is 4.31 Å². The molecule has 0 unspecified atom stereocenters. The number of rotatable bonds is 9. The second kappa shape index (κ2) is 10.2. The minimum absolute atomic E-state index is 0.00141. The average molecular weight is 432 g/mol. The third kappa shape index (κ3) is 5.60. The van der Waals surface area contributed by atoms with Gasteiger partial charge in [0, 0.05) is 18.2 Å². The number of benzene rings is 2. The molecular weight excluding hydrogens is 402 g/mol. The molecule has 7 nitrogen and oxygen atoms in total. The summed E-state index contributed by atoms with van der Waals surface area (Å²) >= 11 is 0. The maximum absolute atomic E-state index is 12.7. The first-order valence-electron chi connectivity index (χ1n) is 10.0. The van der Waals surface area contributed by atoms with Crippen LogP contribution in [0.5, 0.6) is 0 Å². The van der Waals surface area contributed by atoms with Crippen LogP contribution in [0.1, 0.15) is 54.8 Å². The molecule has 0 fully saturated rings. The monoisotopic (exact) mass is 431 g/mol. The van der Waals surface area contributed by atoms with E-state index in [0.29, 0.717) is 29.0 Å². The quantitative estimate of drug-likeness (QED) is 0.634. The van der Waals surface area contributed by atoms with Gasteiger partial charge < -0.3 is 10.6 Å². The zero-order chi connectivity index (χ0) is 22.3. The largest absolute Gasteiger partial charge is 0.350 e. The summed E-state index contributed by atoms with van der Waals surface area (Å²) in [6.07, 6.45) is 0.801. The van der Waals surface area contributed by atoms with Gasteiger partial charge in [-0.3, -0.25) is 13.9 Å². The van der Waals surface area contributed by atoms with Crippen LogP contribution in [0.2, 0.25) is 0 Å². The Labute approximate surface area is 178 Å². The molecule has 1 atom stereocenters. The van der Waals surface area contributed by atoms with Crippen molar-refractivity contribution < 1.29 is 18.0 Å². The highest BCUT2D eigenvalue weighted by atomic mass is 32.2. The number of nitrogens with one attached hydrogen (secondary N) is 2. The van der Waals surface area contributed by atoms with Gasteiger partial charge in [-0.05, 0) is 63.6 Å². The molecule has 0 spiro atoms. The van der Waals surface area contributed by atoms with Crippen molar-refractivity contribution >= 4 is 33.2 Å². The molecule has 0 saturated heterocycles. The number of hydrogen-bond acceptors (Lipinski definition) is 4. The third-order valence-electron chi connectivity index (χ3n) is 4.82. The summed E-state index contributed by atoms with van der Waals surface area (Å²) in [7, 11) is -3.38. The van der Waals surface area contributed by atoms with Crippen molar-refractivity contribution in [1.29, 1.82) is 0 Å². The van der Waals surface area contributed by atoms with Gasteiger partial charge in [0.2, 0.25) is 10.0 Å². The van der Waals surface area contributed by atoms with E-state index in [1.807, 2.05) is 13.8 Å². The van der Waals surface area contributed by atoms with Gasteiger partial charge >= 0.3 is 0 Å². The molecule has 0 aliphatic carbocycles. The van der Waals surface area contributed by atoms with Crippen molar-refractivity contribution in [3.8, 4) is 0 Å². The summed E-state index contributed by atoms with van der Waals surface area (Å²) < 4.78 is 25.7. The summed E-state index contributed by atoms with van der Waals surface area (Å²) in [6, 6.07) is 13.2. The first-order valence-corrected chi connectivity index (χ1v) is 11.7. The standard InChI is InChI=1S/C22H29N3O4S/c1-5-16(4)23-22(27)19-10-8-9-11-20(19)24-21(26)17-12-14-18(15-13-17)25(6-2)30(28,29)7-3/h8-16H,5-7H2,1-4H3,(H,23,27)(H,24,26)/t16-/m1/s1. The number of carbonyl (C=O) groups is 2. The number of amides is 2. The Morgan fingerprint density at radius 1 is 0.967 bits per heavy atom. The van der Waals surface area contributed by atoms with Crippen LogP contribution in [0.3, 0.4) is 0 Å². The van der Waals surface area contributed by atoms with Crippen molar-refractivity contribution in [2.24, 2.45) is 0 Å². The van der Waals surface area contributed by atoms with E-state index >= 15 is 0 Å². The van der Waals surface area contributed by atoms with Gasteiger partial charge in [-0.25, -0.2) is 8.42 Å². The Balaban J connectivity index is 2.21. The fourth-order valence-corrected chi connectivity index (χ4v) is 4.01. The van der Waals surface area contributed by atoms with Crippen LogP contribution in [0.15, 0.2) is 48.5 Å². The van der Waals surface area contributed by atoms with Crippen LogP contribution < -0.4 is 14.9 Å². The fourth-order valence-electron chi connectivity index (χ4n) is 2.86. The molecule has 0 bridgehead atoms. The Morgan fingerprint density at radius 3 is 2.17 bits per heavy atom. The van der Waals surface area contributed by atoms with Gasteiger partial charge in [0.05, 0.1) is 22.7 Å². The second-order valence-corrected chi connectivity index (χ2v) is 9.08. The molecule has 0 saturated carbocycles. The molecule has 0 aliphatic rings. The lowest BCUT2D eigenvalue weighted by Crippen LogP contribution is -2.32. The van der Waals surface area contributed by atoms with E-state index in [1.54, 1.807) is 62.4 Å². The number of para-hydroxylation sites is 1. The van der Waals surface area contributed by atoms with E-state index in [0.717, 1.165) is 6.42 Å². The minimum atomic E-state index is -3.38. The van der Waals surface area contributed by atoms with E-state index in [2.05, 4.69) is 10.6 Å². The van der Waals surface area contributed by atoms with E-state index in [9.17, 15) is 18.0 Å². The lowest BCUT2D eigenvalue weighted by molar-refractivity contribution is 0.0940. The van der Waals surface area contributed by atoms with E-state index < -0.39 is 10.0 Å². The zero-order valence-corrected chi connectivity index (χ0v) is 18.6. The molecule has 162 valence electrons. The highest BCUT2D eigenvalue weighted by molar-refractivity contribution is 7.92. The molecule has 2 N–H and O–H groups in total. The topological polar surface area (TPSA) is 95.6 Å². The van der Waals surface area contributed by atoms with Crippen LogP contribution >= 0.6 is 0 Å². The Bertz CT molecular complexity index is 988. The Kier molecular flexibility index (Phi) is 8.00. The average Bonchev–Trinajstić information content (AvgIpc) is 2.74. The van der Waals surface area contributed by atoms with Gasteiger partial charge in [0.1, 0.15) is 0 Å². The van der Waals surface area contributed by atoms with Crippen LogP contribution in [0.25, 0.3) is 0 Å². The molecule has 2 rings (SSSR count). The number of nitrogens with zero attached hydrogens (tertiary/aromatic N) is 1. The zero-order valence-electron chi connectivity index (χ0n) is 17.8. The molecule has 2 aromatic rings. The van der Waals surface area contributed by atoms with E-state index in [-0.39, 0.29) is 23.6 Å². The normalized spacial score (nSPS) is 12.1. The second-order valence-electron chi connectivity index (χ2n) is 6.89. The van der Waals surface area contributed by atoms with Crippen LogP contribution in [-0.2, 0) is 10.0 Å². The molecule has 0 heterocycles. The van der Waals surface area contributed by atoms with Crippen LogP contribution in [0.4, 0.5) is 11.4 Å². The van der Waals surface area contributed by atoms with Gasteiger partial charge in [0.25, 0.3) is 11.8 Å². The maximum Gasteiger partial charge on any atom is 0.255 e. The number of carbonyl (C=O) groups excluding carboxylic acids is 2. The van der Waals surface area contributed by atoms with Gasteiger partial charge in [0.15, 0.2) is 0 Å². The van der Waals surface area contributed by atoms with Crippen molar-refractivity contribution in [1.82, 2.24) is 5.32 Å². The van der Waals surface area contributed by atoms with Crippen molar-refractivity contribution in [2.45, 2.75) is 40.2 Å². The number of anilines is 2. The predicted octanol–water partition coefficient (Wildman–Crippen LogP) is 3.64. The molecule has 2 amide bonds.